The maximum absolute atomic E-state index is 12.7. The smallest absolute Gasteiger partial charge is 0.245 e. The van der Waals surface area contributed by atoms with Crippen LogP contribution in [0.3, 0.4) is 0 Å². The molecule has 2 amide bonds. The first-order valence-electron chi connectivity index (χ1n) is 11.0. The molecule has 2 aromatic heterocycles. The van der Waals surface area contributed by atoms with Crippen molar-refractivity contribution >= 4 is 40.9 Å². The molecule has 1 saturated heterocycles. The van der Waals surface area contributed by atoms with Crippen molar-refractivity contribution in [1.82, 2.24) is 14.9 Å². The first-order chi connectivity index (χ1) is 16.8. The molecule has 35 heavy (non-hydrogen) atoms. The van der Waals surface area contributed by atoms with Gasteiger partial charge in [-0.05, 0) is 49.3 Å². The van der Waals surface area contributed by atoms with Gasteiger partial charge in [-0.25, -0.2) is 15.8 Å². The third-order valence-electron chi connectivity index (χ3n) is 5.44. The van der Waals surface area contributed by atoms with Gasteiger partial charge in [-0.15, -0.1) is 0 Å². The van der Waals surface area contributed by atoms with Crippen molar-refractivity contribution in [2.24, 2.45) is 23.2 Å². The lowest BCUT2D eigenvalue weighted by molar-refractivity contribution is -0.130. The molecule has 11 nitrogen and oxygen atoms in total. The van der Waals surface area contributed by atoms with Gasteiger partial charge in [-0.3, -0.25) is 14.6 Å². The summed E-state index contributed by atoms with van der Waals surface area (Å²) in [6.45, 7) is 4.49. The summed E-state index contributed by atoms with van der Waals surface area (Å²) in [6.07, 6.45) is 8.20. The molecule has 3 heterocycles. The Morgan fingerprint density at radius 2 is 1.94 bits per heavy atom. The predicted octanol–water partition coefficient (Wildman–Crippen LogP) is 1.43. The first-order valence-corrected chi connectivity index (χ1v) is 11.0. The number of aromatic nitrogens is 2. The summed E-state index contributed by atoms with van der Waals surface area (Å²) < 4.78 is 0. The zero-order valence-electron chi connectivity index (χ0n) is 19.2. The van der Waals surface area contributed by atoms with Crippen molar-refractivity contribution in [2.75, 3.05) is 23.4 Å². The lowest BCUT2D eigenvalue weighted by atomic mass is 9.97. The number of hydrogen-bond acceptors (Lipinski definition) is 9. The lowest BCUT2D eigenvalue weighted by Gasteiger charge is -2.31. The average Bonchev–Trinajstić information content (AvgIpc) is 2.88. The van der Waals surface area contributed by atoms with Crippen molar-refractivity contribution in [1.29, 1.82) is 5.41 Å². The summed E-state index contributed by atoms with van der Waals surface area (Å²) in [4.78, 5) is 34.8. The van der Waals surface area contributed by atoms with Crippen molar-refractivity contribution in [3.8, 4) is 0 Å². The Hall–Kier alpha value is -4.51. The maximum atomic E-state index is 12.7. The molecular weight excluding hydrogens is 446 g/mol. The quantitative estimate of drug-likeness (QED) is 0.164. The van der Waals surface area contributed by atoms with Gasteiger partial charge in [-0.1, -0.05) is 12.6 Å². The van der Waals surface area contributed by atoms with E-state index in [1.807, 2.05) is 0 Å². The van der Waals surface area contributed by atoms with E-state index in [0.717, 1.165) is 12.6 Å². The summed E-state index contributed by atoms with van der Waals surface area (Å²) in [5, 5.41) is 11.2. The molecule has 1 atom stereocenters. The van der Waals surface area contributed by atoms with E-state index in [4.69, 9.17) is 22.7 Å². The van der Waals surface area contributed by atoms with Gasteiger partial charge in [0.05, 0.1) is 40.6 Å². The Balaban J connectivity index is 1.64. The Kier molecular flexibility index (Phi) is 8.30. The first kappa shape index (κ1) is 25.1. The average molecular weight is 476 g/mol. The fourth-order valence-corrected chi connectivity index (χ4v) is 3.59. The van der Waals surface area contributed by atoms with Gasteiger partial charge in [0.1, 0.15) is 5.82 Å². The predicted molar refractivity (Wildman–Crippen MR) is 136 cm³/mol. The minimum Gasteiger partial charge on any atom is -0.397 e. The third kappa shape index (κ3) is 6.51. The maximum Gasteiger partial charge on any atom is 0.245 e. The SMILES string of the molecule is C=CC(=O)N1CCC[C@H](C(=O)Nc2ccc(N(N)/C=C(\N)c3cccc(/C(N)=C/C=N)n3)nc2)C1. The minimum atomic E-state index is -0.299. The second-order valence-electron chi connectivity index (χ2n) is 7.91. The number of rotatable bonds is 8. The molecule has 3 rings (SSSR count). The third-order valence-corrected chi connectivity index (χ3v) is 5.44. The lowest BCUT2D eigenvalue weighted by Crippen LogP contribution is -2.43. The van der Waals surface area contributed by atoms with Crippen LogP contribution in [0, 0.1) is 11.3 Å². The van der Waals surface area contributed by atoms with Crippen LogP contribution >= 0.6 is 0 Å². The summed E-state index contributed by atoms with van der Waals surface area (Å²) in [6, 6.07) is 8.49. The van der Waals surface area contributed by atoms with Crippen LogP contribution in [0.5, 0.6) is 0 Å². The van der Waals surface area contributed by atoms with Gasteiger partial charge in [0.15, 0.2) is 0 Å². The second kappa shape index (κ2) is 11.6. The van der Waals surface area contributed by atoms with Crippen LogP contribution in [0.1, 0.15) is 24.2 Å². The highest BCUT2D eigenvalue weighted by atomic mass is 16.2. The number of amides is 2. The zero-order chi connectivity index (χ0) is 25.4. The summed E-state index contributed by atoms with van der Waals surface area (Å²) in [5.74, 6) is 5.85. The fourth-order valence-electron chi connectivity index (χ4n) is 3.59. The molecule has 1 aliphatic heterocycles. The summed E-state index contributed by atoms with van der Waals surface area (Å²) in [5.41, 5.74) is 14.1. The van der Waals surface area contributed by atoms with Crippen LogP contribution in [-0.2, 0) is 9.59 Å². The van der Waals surface area contributed by atoms with E-state index in [9.17, 15) is 9.59 Å². The Bertz CT molecular complexity index is 1160. The van der Waals surface area contributed by atoms with Crippen LogP contribution in [0.25, 0.3) is 11.4 Å². The molecule has 182 valence electrons. The van der Waals surface area contributed by atoms with Crippen molar-refractivity contribution in [3.05, 3.63) is 72.8 Å². The van der Waals surface area contributed by atoms with Gasteiger partial charge < -0.3 is 27.1 Å². The van der Waals surface area contributed by atoms with Crippen LogP contribution < -0.4 is 27.6 Å². The van der Waals surface area contributed by atoms with Crippen LogP contribution in [-0.4, -0.2) is 46.0 Å². The van der Waals surface area contributed by atoms with Crippen molar-refractivity contribution in [3.63, 3.8) is 0 Å². The number of pyridine rings is 2. The molecule has 1 aliphatic rings. The molecule has 8 N–H and O–H groups in total. The number of nitrogens with one attached hydrogen (secondary N) is 2. The molecule has 2 aromatic rings. The molecule has 0 saturated carbocycles. The highest BCUT2D eigenvalue weighted by Gasteiger charge is 2.27. The Morgan fingerprint density at radius 3 is 2.60 bits per heavy atom. The number of nitrogens with two attached hydrogens (primary N) is 3. The molecule has 0 aromatic carbocycles. The molecular formula is C24H29N9O2. The molecule has 0 bridgehead atoms. The van der Waals surface area contributed by atoms with Crippen LogP contribution in [0.15, 0.2) is 61.5 Å². The fraction of sp³-hybridized carbons (Fsp3) is 0.208. The molecule has 0 spiro atoms. The number of likely N-dealkylation sites (tertiary alicyclic amines) is 1. The Morgan fingerprint density at radius 1 is 1.20 bits per heavy atom. The van der Waals surface area contributed by atoms with Crippen LogP contribution in [0.4, 0.5) is 11.5 Å². The van der Waals surface area contributed by atoms with E-state index >= 15 is 0 Å². The van der Waals surface area contributed by atoms with Gasteiger partial charge in [-0.2, -0.15) is 0 Å². The van der Waals surface area contributed by atoms with Crippen molar-refractivity contribution < 1.29 is 9.59 Å². The molecule has 11 heteroatoms. The van der Waals surface area contributed by atoms with E-state index in [1.165, 1.54) is 29.6 Å². The highest BCUT2D eigenvalue weighted by molar-refractivity contribution is 5.93. The molecule has 1 fully saturated rings. The standard InChI is InChI=1S/C24H29N9O2/c1-2-23(34)32-12-4-5-16(14-32)24(35)30-17-8-9-22(29-13-17)33(28)15-19(27)21-7-3-6-20(31-21)18(26)10-11-25/h2-3,6-11,13,15-16,25H,1,4-5,12,14,26-28H2,(H,30,35)/b18-10-,19-15-,25-11?/t16-/m0/s1. The van der Waals surface area contributed by atoms with Crippen LogP contribution in [0.2, 0.25) is 0 Å². The number of carbonyl (C=O) groups excluding carboxylic acids is 2. The molecule has 0 radical (unpaired) electrons. The van der Waals surface area contributed by atoms with E-state index < -0.39 is 0 Å². The molecule has 0 aliphatic carbocycles. The van der Waals surface area contributed by atoms with Gasteiger partial charge >= 0.3 is 0 Å². The van der Waals surface area contributed by atoms with Gasteiger partial charge in [0.2, 0.25) is 11.8 Å². The second-order valence-corrected chi connectivity index (χ2v) is 7.91. The van der Waals surface area contributed by atoms with E-state index in [0.29, 0.717) is 48.1 Å². The number of anilines is 2. The Labute approximate surface area is 203 Å². The number of carbonyl (C=O) groups is 2. The van der Waals surface area contributed by atoms with E-state index in [1.54, 1.807) is 35.2 Å². The molecule has 0 unspecified atom stereocenters. The number of hydrazine groups is 1. The number of hydrogen-bond donors (Lipinski definition) is 5. The van der Waals surface area contributed by atoms with Gasteiger partial charge in [0, 0.05) is 25.5 Å². The van der Waals surface area contributed by atoms with Crippen molar-refractivity contribution in [2.45, 2.75) is 12.8 Å². The van der Waals surface area contributed by atoms with Gasteiger partial charge in [0.25, 0.3) is 0 Å². The highest BCUT2D eigenvalue weighted by Crippen LogP contribution is 2.20. The minimum absolute atomic E-state index is 0.169. The normalized spacial score (nSPS) is 16.4. The largest absolute Gasteiger partial charge is 0.397 e. The summed E-state index contributed by atoms with van der Waals surface area (Å²) in [7, 11) is 0. The monoisotopic (exact) mass is 475 g/mol. The van der Waals surface area contributed by atoms with E-state index in [2.05, 4.69) is 21.9 Å². The zero-order valence-corrected chi connectivity index (χ0v) is 19.2. The number of piperidine rings is 1. The topological polar surface area (TPSA) is 180 Å². The number of allylic oxidation sites excluding steroid dienone is 1. The number of nitrogens with zero attached hydrogens (tertiary/aromatic N) is 4. The summed E-state index contributed by atoms with van der Waals surface area (Å²) >= 11 is 0. The van der Waals surface area contributed by atoms with E-state index in [-0.39, 0.29) is 23.4 Å².